The number of benzene rings is 1. The molecule has 0 bridgehead atoms. The van der Waals surface area contributed by atoms with Crippen LogP contribution in [0.1, 0.15) is 60.6 Å². The number of hydrogen-bond donors (Lipinski definition) is 2. The molecule has 1 saturated carbocycles. The van der Waals surface area contributed by atoms with Gasteiger partial charge in [-0.3, -0.25) is 25.0 Å². The fourth-order valence-electron chi connectivity index (χ4n) is 7.59. The van der Waals surface area contributed by atoms with Gasteiger partial charge in [-0.15, -0.1) is 0 Å². The van der Waals surface area contributed by atoms with E-state index in [-0.39, 0.29) is 18.1 Å². The molecule has 0 radical (unpaired) electrons. The van der Waals surface area contributed by atoms with Crippen molar-refractivity contribution in [3.8, 4) is 17.0 Å². The first-order valence-electron chi connectivity index (χ1n) is 17.0. The molecule has 2 N–H and O–H groups in total. The molecule has 3 fully saturated rings. The van der Waals surface area contributed by atoms with E-state index in [4.69, 9.17) is 9.72 Å². The molecule has 1 aliphatic carbocycles. The Morgan fingerprint density at radius 2 is 1.68 bits per heavy atom. The third-order valence-electron chi connectivity index (χ3n) is 10.3. The second kappa shape index (κ2) is 13.6. The lowest BCUT2D eigenvalue weighted by Crippen LogP contribution is -2.52. The average molecular weight is 639 g/mol. The molecule has 0 atom stereocenters. The van der Waals surface area contributed by atoms with Crippen molar-refractivity contribution in [3.05, 3.63) is 60.0 Å². The molecule has 47 heavy (non-hydrogen) atoms. The van der Waals surface area contributed by atoms with Crippen molar-refractivity contribution >= 4 is 28.6 Å². The predicted octanol–water partition coefficient (Wildman–Crippen LogP) is 4.75. The van der Waals surface area contributed by atoms with Crippen LogP contribution in [0.2, 0.25) is 0 Å². The fourth-order valence-corrected chi connectivity index (χ4v) is 7.59. The SMILES string of the molecule is COc1ccncc1-c1cc(C(=O)Nc2nc3ccc(N4CCC(N5CCN(C)CC5)CC4)cc3n2C2CCC(O)CC2)cc(C)n1. The molecular formula is C36H46N8O3. The number of amides is 1. The summed E-state index contributed by atoms with van der Waals surface area (Å²) in [5.74, 6) is 0.926. The predicted molar refractivity (Wildman–Crippen MR) is 184 cm³/mol. The number of aliphatic hydroxyl groups is 1. The normalized spacial score (nSPS) is 21.7. The van der Waals surface area contributed by atoms with Gasteiger partial charge in [-0.1, -0.05) is 0 Å². The average Bonchev–Trinajstić information content (AvgIpc) is 3.45. The van der Waals surface area contributed by atoms with Gasteiger partial charge in [-0.2, -0.15) is 0 Å². The van der Waals surface area contributed by atoms with Crippen molar-refractivity contribution < 1.29 is 14.6 Å². The van der Waals surface area contributed by atoms with E-state index in [0.717, 1.165) is 87.2 Å². The molecule has 1 amide bonds. The first-order valence-corrected chi connectivity index (χ1v) is 17.0. The lowest BCUT2D eigenvalue weighted by Gasteiger charge is -2.42. The molecule has 5 heterocycles. The van der Waals surface area contributed by atoms with Crippen LogP contribution in [0.3, 0.4) is 0 Å². The van der Waals surface area contributed by atoms with E-state index >= 15 is 0 Å². The maximum Gasteiger partial charge on any atom is 0.258 e. The topological polar surface area (TPSA) is 112 Å². The number of anilines is 2. The van der Waals surface area contributed by atoms with Crippen molar-refractivity contribution in [2.45, 2.75) is 63.6 Å². The van der Waals surface area contributed by atoms with Crippen LogP contribution in [0.4, 0.5) is 11.6 Å². The van der Waals surface area contributed by atoms with Crippen molar-refractivity contribution in [1.82, 2.24) is 29.3 Å². The highest BCUT2D eigenvalue weighted by Gasteiger charge is 2.29. The molecule has 11 nitrogen and oxygen atoms in total. The number of aromatic nitrogens is 4. The number of nitrogens with zero attached hydrogens (tertiary/aromatic N) is 7. The van der Waals surface area contributed by atoms with Crippen LogP contribution in [0.25, 0.3) is 22.3 Å². The van der Waals surface area contributed by atoms with Crippen LogP contribution in [-0.4, -0.2) is 106 Å². The molecule has 3 aromatic heterocycles. The van der Waals surface area contributed by atoms with Crippen LogP contribution in [0.5, 0.6) is 5.75 Å². The number of ether oxygens (including phenoxy) is 1. The highest BCUT2D eigenvalue weighted by Crippen LogP contribution is 2.37. The maximum absolute atomic E-state index is 13.9. The summed E-state index contributed by atoms with van der Waals surface area (Å²) in [6.07, 6.45) is 8.55. The van der Waals surface area contributed by atoms with Crippen LogP contribution in [0.15, 0.2) is 48.8 Å². The fraction of sp³-hybridized carbons (Fsp3) is 0.500. The van der Waals surface area contributed by atoms with Crippen LogP contribution < -0.4 is 15.0 Å². The second-order valence-electron chi connectivity index (χ2n) is 13.4. The van der Waals surface area contributed by atoms with Crippen molar-refractivity contribution in [2.75, 3.05) is 63.6 Å². The summed E-state index contributed by atoms with van der Waals surface area (Å²) >= 11 is 0. The Labute approximate surface area is 276 Å². The number of carbonyl (C=O) groups excluding carboxylic acids is 1. The van der Waals surface area contributed by atoms with Gasteiger partial charge in [0.1, 0.15) is 5.75 Å². The number of hydrogen-bond acceptors (Lipinski definition) is 9. The number of carbonyl (C=O) groups is 1. The standard InChI is InChI=1S/C36H46N8O3/c1-24-20-25(21-32(38-24)30-23-37-13-10-34(30)47-3)35(46)40-36-39-31-9-6-28(22-33(31)44(36)27-4-7-29(45)8-5-27)42-14-11-26(12-15-42)43-18-16-41(2)17-19-43/h6,9-10,13,20-23,26-27,29,45H,4-5,7-8,11-12,14-19H2,1-3H3,(H,39,40,46). The Hall–Kier alpha value is -4.06. The Morgan fingerprint density at radius 3 is 2.43 bits per heavy atom. The molecule has 0 unspecified atom stereocenters. The zero-order valence-electron chi connectivity index (χ0n) is 27.7. The smallest absolute Gasteiger partial charge is 0.258 e. The van der Waals surface area contributed by atoms with E-state index < -0.39 is 0 Å². The Balaban J connectivity index is 1.16. The summed E-state index contributed by atoms with van der Waals surface area (Å²) in [6, 6.07) is 12.6. The van der Waals surface area contributed by atoms with Crippen LogP contribution >= 0.6 is 0 Å². The number of likely N-dealkylation sites (N-methyl/N-ethyl adjacent to an activating group) is 1. The summed E-state index contributed by atoms with van der Waals surface area (Å²) in [4.78, 5) is 35.3. The minimum Gasteiger partial charge on any atom is -0.496 e. The summed E-state index contributed by atoms with van der Waals surface area (Å²) < 4.78 is 7.74. The highest BCUT2D eigenvalue weighted by atomic mass is 16.5. The van der Waals surface area contributed by atoms with Crippen molar-refractivity contribution in [1.29, 1.82) is 0 Å². The summed E-state index contributed by atoms with van der Waals surface area (Å²) in [6.45, 7) is 8.56. The summed E-state index contributed by atoms with van der Waals surface area (Å²) in [5.41, 5.74) is 5.62. The number of fused-ring (bicyclic) bond motifs is 1. The van der Waals surface area contributed by atoms with Crippen molar-refractivity contribution in [2.24, 2.45) is 0 Å². The van der Waals surface area contributed by atoms with E-state index in [1.807, 2.05) is 6.92 Å². The molecule has 0 spiro atoms. The third kappa shape index (κ3) is 6.70. The molecule has 7 rings (SSSR count). The molecule has 248 valence electrons. The Bertz CT molecular complexity index is 1720. The molecule has 4 aromatic rings. The van der Waals surface area contributed by atoms with Gasteiger partial charge in [0.05, 0.1) is 35.5 Å². The highest BCUT2D eigenvalue weighted by molar-refractivity contribution is 6.05. The quantitative estimate of drug-likeness (QED) is 0.296. The van der Waals surface area contributed by atoms with E-state index in [9.17, 15) is 9.90 Å². The summed E-state index contributed by atoms with van der Waals surface area (Å²) in [7, 11) is 3.82. The van der Waals surface area contributed by atoms with Gasteiger partial charge >= 0.3 is 0 Å². The molecule has 2 saturated heterocycles. The van der Waals surface area contributed by atoms with E-state index in [1.165, 1.54) is 18.5 Å². The van der Waals surface area contributed by atoms with Gasteiger partial charge in [-0.25, -0.2) is 4.98 Å². The van der Waals surface area contributed by atoms with Crippen LogP contribution in [-0.2, 0) is 0 Å². The van der Waals surface area contributed by atoms with Gasteiger partial charge in [0.2, 0.25) is 5.95 Å². The van der Waals surface area contributed by atoms with E-state index in [0.29, 0.717) is 29.0 Å². The monoisotopic (exact) mass is 638 g/mol. The minimum absolute atomic E-state index is 0.131. The second-order valence-corrected chi connectivity index (χ2v) is 13.4. The first-order chi connectivity index (χ1) is 22.9. The third-order valence-corrected chi connectivity index (χ3v) is 10.3. The molecule has 1 aromatic carbocycles. The van der Waals surface area contributed by atoms with Gasteiger partial charge in [0.15, 0.2) is 0 Å². The molecule has 11 heteroatoms. The number of nitrogens with one attached hydrogen (secondary N) is 1. The van der Waals surface area contributed by atoms with Gasteiger partial charge in [-0.05, 0) is 88.9 Å². The summed E-state index contributed by atoms with van der Waals surface area (Å²) in [5, 5.41) is 13.5. The molecule has 3 aliphatic rings. The number of piperazine rings is 1. The number of aryl methyl sites for hydroxylation is 1. The molecular weight excluding hydrogens is 592 g/mol. The van der Waals surface area contributed by atoms with Crippen molar-refractivity contribution in [3.63, 3.8) is 0 Å². The van der Waals surface area contributed by atoms with Gasteiger partial charge in [0.25, 0.3) is 5.91 Å². The largest absolute Gasteiger partial charge is 0.496 e. The number of piperidine rings is 1. The maximum atomic E-state index is 13.9. The van der Waals surface area contributed by atoms with Crippen LogP contribution in [0, 0.1) is 6.92 Å². The number of aliphatic hydroxyl groups excluding tert-OH is 1. The minimum atomic E-state index is -0.279. The Morgan fingerprint density at radius 1 is 0.915 bits per heavy atom. The number of imidazole rings is 1. The first kappa shape index (κ1) is 31.5. The van der Waals surface area contributed by atoms with Gasteiger partial charge < -0.3 is 24.2 Å². The lowest BCUT2D eigenvalue weighted by atomic mass is 9.93. The number of methoxy groups -OCH3 is 1. The zero-order valence-corrected chi connectivity index (χ0v) is 27.7. The number of pyridine rings is 2. The van der Waals surface area contributed by atoms with E-state index in [2.05, 4.69) is 59.8 Å². The number of rotatable bonds is 7. The van der Waals surface area contributed by atoms with Gasteiger partial charge in [0, 0.05) is 80.7 Å². The lowest BCUT2D eigenvalue weighted by molar-refractivity contribution is 0.0982. The zero-order chi connectivity index (χ0) is 32.5. The molecule has 2 aliphatic heterocycles. The van der Waals surface area contributed by atoms with E-state index in [1.54, 1.807) is 37.7 Å². The Kier molecular flexibility index (Phi) is 9.11.